The van der Waals surface area contributed by atoms with Crippen LogP contribution in [0.3, 0.4) is 0 Å². The predicted molar refractivity (Wildman–Crippen MR) is 71.9 cm³/mol. The highest BCUT2D eigenvalue weighted by Gasteiger charge is 2.39. The Kier molecular flexibility index (Phi) is 3.16. The zero-order valence-corrected chi connectivity index (χ0v) is 11.4. The summed E-state index contributed by atoms with van der Waals surface area (Å²) in [5, 5.41) is 11.4. The van der Waals surface area contributed by atoms with Crippen LogP contribution in [0.2, 0.25) is 0 Å². The summed E-state index contributed by atoms with van der Waals surface area (Å²) < 4.78 is 0. The van der Waals surface area contributed by atoms with Gasteiger partial charge in [0.25, 0.3) is 0 Å². The van der Waals surface area contributed by atoms with Gasteiger partial charge in [-0.3, -0.25) is 9.69 Å². The Morgan fingerprint density at radius 2 is 2.33 bits per heavy atom. The molecule has 2 heterocycles. The topological polar surface area (TPSA) is 40.5 Å². The van der Waals surface area contributed by atoms with Gasteiger partial charge < -0.3 is 5.11 Å². The SMILES string of the molecule is CC1CN(C2CCCc3sccc32)CC1C(=O)O. The number of fused-ring (bicyclic) bond motifs is 1. The molecule has 98 valence electrons. The van der Waals surface area contributed by atoms with E-state index in [1.807, 2.05) is 11.3 Å². The van der Waals surface area contributed by atoms with Crippen molar-refractivity contribution in [3.05, 3.63) is 21.9 Å². The zero-order chi connectivity index (χ0) is 12.7. The van der Waals surface area contributed by atoms with Crippen molar-refractivity contribution in [2.75, 3.05) is 13.1 Å². The molecule has 18 heavy (non-hydrogen) atoms. The van der Waals surface area contributed by atoms with Gasteiger partial charge >= 0.3 is 5.97 Å². The van der Waals surface area contributed by atoms with E-state index in [4.69, 9.17) is 0 Å². The molecule has 1 aromatic rings. The second kappa shape index (κ2) is 4.67. The molecular formula is C14H19NO2S. The Balaban J connectivity index is 1.80. The lowest BCUT2D eigenvalue weighted by atomic mass is 9.93. The summed E-state index contributed by atoms with van der Waals surface area (Å²) in [5.41, 5.74) is 1.46. The van der Waals surface area contributed by atoms with E-state index in [1.165, 1.54) is 29.7 Å². The molecule has 2 aliphatic rings. The van der Waals surface area contributed by atoms with Gasteiger partial charge in [0.05, 0.1) is 5.92 Å². The molecule has 0 saturated carbocycles. The fourth-order valence-electron chi connectivity index (χ4n) is 3.42. The maximum absolute atomic E-state index is 11.2. The van der Waals surface area contributed by atoms with Gasteiger partial charge in [-0.2, -0.15) is 0 Å². The average molecular weight is 265 g/mol. The molecule has 1 aromatic heterocycles. The average Bonchev–Trinajstić information content (AvgIpc) is 2.94. The van der Waals surface area contributed by atoms with Crippen molar-refractivity contribution in [1.82, 2.24) is 4.90 Å². The van der Waals surface area contributed by atoms with Crippen molar-refractivity contribution in [3.8, 4) is 0 Å². The first-order valence-electron chi connectivity index (χ1n) is 6.70. The lowest BCUT2D eigenvalue weighted by molar-refractivity contribution is -0.142. The van der Waals surface area contributed by atoms with Gasteiger partial charge in [-0.1, -0.05) is 6.92 Å². The normalized spacial score (nSPS) is 32.4. The third kappa shape index (κ3) is 1.97. The Labute approximate surface area is 111 Å². The van der Waals surface area contributed by atoms with Crippen LogP contribution >= 0.6 is 11.3 Å². The highest BCUT2D eigenvalue weighted by atomic mass is 32.1. The second-order valence-electron chi connectivity index (χ2n) is 5.58. The Bertz CT molecular complexity index is 456. The molecular weight excluding hydrogens is 246 g/mol. The van der Waals surface area contributed by atoms with E-state index < -0.39 is 5.97 Å². The minimum absolute atomic E-state index is 0.186. The number of hydrogen-bond donors (Lipinski definition) is 1. The Morgan fingerprint density at radius 1 is 1.50 bits per heavy atom. The summed E-state index contributed by atoms with van der Waals surface area (Å²) >= 11 is 1.85. The van der Waals surface area contributed by atoms with Gasteiger partial charge in [0.15, 0.2) is 0 Å². The van der Waals surface area contributed by atoms with E-state index in [-0.39, 0.29) is 11.8 Å². The molecule has 3 nitrogen and oxygen atoms in total. The van der Waals surface area contributed by atoms with Crippen molar-refractivity contribution in [3.63, 3.8) is 0 Å². The van der Waals surface area contributed by atoms with Crippen LogP contribution in [-0.2, 0) is 11.2 Å². The summed E-state index contributed by atoms with van der Waals surface area (Å²) in [6.07, 6.45) is 3.62. The summed E-state index contributed by atoms with van der Waals surface area (Å²) in [6, 6.07) is 2.70. The molecule has 1 aliphatic heterocycles. The number of carboxylic acid groups (broad SMARTS) is 1. The van der Waals surface area contributed by atoms with Crippen LogP contribution in [0.25, 0.3) is 0 Å². The summed E-state index contributed by atoms with van der Waals surface area (Å²) in [4.78, 5) is 15.1. The molecule has 1 N–H and O–H groups in total. The maximum Gasteiger partial charge on any atom is 0.308 e. The molecule has 0 amide bonds. The molecule has 1 saturated heterocycles. The highest BCUT2D eigenvalue weighted by Crippen LogP contribution is 2.40. The third-order valence-corrected chi connectivity index (χ3v) is 5.42. The van der Waals surface area contributed by atoms with E-state index in [0.29, 0.717) is 6.04 Å². The molecule has 0 spiro atoms. The van der Waals surface area contributed by atoms with Crippen LogP contribution in [0.4, 0.5) is 0 Å². The predicted octanol–water partition coefficient (Wildman–Crippen LogP) is 2.78. The van der Waals surface area contributed by atoms with Crippen LogP contribution in [0, 0.1) is 11.8 Å². The number of hydrogen-bond acceptors (Lipinski definition) is 3. The number of likely N-dealkylation sites (tertiary alicyclic amines) is 1. The summed E-state index contributed by atoms with van der Waals surface area (Å²) in [6.45, 7) is 3.71. The zero-order valence-electron chi connectivity index (χ0n) is 10.6. The van der Waals surface area contributed by atoms with Gasteiger partial charge in [-0.05, 0) is 42.2 Å². The van der Waals surface area contributed by atoms with Crippen LogP contribution < -0.4 is 0 Å². The van der Waals surface area contributed by atoms with Crippen molar-refractivity contribution >= 4 is 17.3 Å². The molecule has 0 bridgehead atoms. The summed E-state index contributed by atoms with van der Waals surface area (Å²) in [5.74, 6) is -0.549. The Morgan fingerprint density at radius 3 is 3.06 bits per heavy atom. The fraction of sp³-hybridized carbons (Fsp3) is 0.643. The minimum atomic E-state index is -0.633. The van der Waals surface area contributed by atoms with Gasteiger partial charge in [0, 0.05) is 24.0 Å². The first-order valence-corrected chi connectivity index (χ1v) is 7.58. The van der Waals surface area contributed by atoms with E-state index in [9.17, 15) is 9.90 Å². The third-order valence-electron chi connectivity index (χ3n) is 4.42. The van der Waals surface area contributed by atoms with Crippen molar-refractivity contribution in [2.45, 2.75) is 32.2 Å². The molecule has 3 atom stereocenters. The number of carbonyl (C=O) groups is 1. The van der Waals surface area contributed by atoms with Gasteiger partial charge in [0.1, 0.15) is 0 Å². The Hall–Kier alpha value is -0.870. The number of aliphatic carboxylic acids is 1. The largest absolute Gasteiger partial charge is 0.481 e. The van der Waals surface area contributed by atoms with Crippen molar-refractivity contribution < 1.29 is 9.90 Å². The molecule has 3 unspecified atom stereocenters. The van der Waals surface area contributed by atoms with Gasteiger partial charge in [0.2, 0.25) is 0 Å². The van der Waals surface area contributed by atoms with Crippen molar-refractivity contribution in [1.29, 1.82) is 0 Å². The second-order valence-corrected chi connectivity index (χ2v) is 6.58. The molecule has 3 rings (SSSR count). The van der Waals surface area contributed by atoms with Gasteiger partial charge in [-0.15, -0.1) is 11.3 Å². The number of thiophene rings is 1. The van der Waals surface area contributed by atoms with E-state index in [0.717, 1.165) is 13.1 Å². The van der Waals surface area contributed by atoms with Crippen LogP contribution in [0.5, 0.6) is 0 Å². The molecule has 0 aromatic carbocycles. The molecule has 0 radical (unpaired) electrons. The molecule has 1 aliphatic carbocycles. The van der Waals surface area contributed by atoms with E-state index >= 15 is 0 Å². The number of nitrogens with zero attached hydrogens (tertiary/aromatic N) is 1. The lowest BCUT2D eigenvalue weighted by Crippen LogP contribution is -2.29. The van der Waals surface area contributed by atoms with E-state index in [2.05, 4.69) is 23.3 Å². The van der Waals surface area contributed by atoms with E-state index in [1.54, 1.807) is 0 Å². The van der Waals surface area contributed by atoms with Crippen LogP contribution in [0.1, 0.15) is 36.2 Å². The highest BCUT2D eigenvalue weighted by molar-refractivity contribution is 7.10. The summed E-state index contributed by atoms with van der Waals surface area (Å²) in [7, 11) is 0. The number of carboxylic acids is 1. The van der Waals surface area contributed by atoms with Crippen LogP contribution in [0.15, 0.2) is 11.4 Å². The first-order chi connectivity index (χ1) is 8.66. The van der Waals surface area contributed by atoms with Gasteiger partial charge in [-0.25, -0.2) is 0 Å². The standard InChI is InChI=1S/C14H19NO2S/c1-9-7-15(8-11(9)14(16)17)12-3-2-4-13-10(12)5-6-18-13/h5-6,9,11-12H,2-4,7-8H2,1H3,(H,16,17). The minimum Gasteiger partial charge on any atom is -0.481 e. The fourth-order valence-corrected chi connectivity index (χ4v) is 4.40. The van der Waals surface area contributed by atoms with Crippen molar-refractivity contribution in [2.24, 2.45) is 11.8 Å². The first kappa shape index (κ1) is 12.2. The smallest absolute Gasteiger partial charge is 0.308 e. The monoisotopic (exact) mass is 265 g/mol. The molecule has 1 fully saturated rings. The van der Waals surface area contributed by atoms with Crippen LogP contribution in [-0.4, -0.2) is 29.1 Å². The maximum atomic E-state index is 11.2. The quantitative estimate of drug-likeness (QED) is 0.894. The lowest BCUT2D eigenvalue weighted by Gasteiger charge is -2.31. The molecule has 4 heteroatoms. The number of rotatable bonds is 2. The number of aryl methyl sites for hydroxylation is 1.